The van der Waals surface area contributed by atoms with Crippen LogP contribution in [0.3, 0.4) is 0 Å². The lowest BCUT2D eigenvalue weighted by molar-refractivity contribution is -0.119. The number of hydrogen-bond donors (Lipinski definition) is 1. The van der Waals surface area contributed by atoms with Crippen LogP contribution in [0.15, 0.2) is 53.3 Å². The fraction of sp³-hybridized carbons (Fsp3) is 0.200. The Bertz CT molecular complexity index is 764. The summed E-state index contributed by atoms with van der Waals surface area (Å²) in [7, 11) is -3.56. The SMILES string of the molecule is CS(=O)(=O)N(CC(=O)NCc1cccnc1)c1ccc(Br)cc1. The lowest BCUT2D eigenvalue weighted by atomic mass is 10.3. The zero-order chi connectivity index (χ0) is 16.9. The van der Waals surface area contributed by atoms with Crippen LogP contribution in [0.5, 0.6) is 0 Å². The van der Waals surface area contributed by atoms with Crippen molar-refractivity contribution < 1.29 is 13.2 Å². The molecule has 8 heteroatoms. The molecule has 1 heterocycles. The molecule has 0 atom stereocenters. The second-order valence-electron chi connectivity index (χ2n) is 4.88. The highest BCUT2D eigenvalue weighted by Crippen LogP contribution is 2.20. The average Bonchev–Trinajstić information content (AvgIpc) is 2.52. The highest BCUT2D eigenvalue weighted by atomic mass is 79.9. The van der Waals surface area contributed by atoms with Crippen molar-refractivity contribution in [2.75, 3.05) is 17.1 Å². The summed E-state index contributed by atoms with van der Waals surface area (Å²) in [5, 5.41) is 2.69. The second kappa shape index (κ2) is 7.56. The van der Waals surface area contributed by atoms with Gasteiger partial charge in [0.05, 0.1) is 11.9 Å². The summed E-state index contributed by atoms with van der Waals surface area (Å²) < 4.78 is 25.8. The van der Waals surface area contributed by atoms with Gasteiger partial charge in [-0.05, 0) is 35.9 Å². The molecule has 122 valence electrons. The summed E-state index contributed by atoms with van der Waals surface area (Å²) in [5.41, 5.74) is 1.28. The predicted octanol–water partition coefficient (Wildman–Crippen LogP) is 1.93. The monoisotopic (exact) mass is 397 g/mol. The van der Waals surface area contributed by atoms with Gasteiger partial charge in [0.15, 0.2) is 0 Å². The van der Waals surface area contributed by atoms with Gasteiger partial charge in [-0.3, -0.25) is 14.1 Å². The summed E-state index contributed by atoms with van der Waals surface area (Å²) in [5.74, 6) is -0.387. The van der Waals surface area contributed by atoms with Gasteiger partial charge in [0, 0.05) is 23.4 Å². The van der Waals surface area contributed by atoms with E-state index in [0.29, 0.717) is 12.2 Å². The lowest BCUT2D eigenvalue weighted by Gasteiger charge is -2.22. The number of carbonyl (C=O) groups excluding carboxylic acids is 1. The van der Waals surface area contributed by atoms with Gasteiger partial charge in [0.2, 0.25) is 15.9 Å². The van der Waals surface area contributed by atoms with Gasteiger partial charge >= 0.3 is 0 Å². The number of amides is 1. The molecule has 0 aliphatic carbocycles. The van der Waals surface area contributed by atoms with E-state index in [-0.39, 0.29) is 12.5 Å². The smallest absolute Gasteiger partial charge is 0.241 e. The molecule has 6 nitrogen and oxygen atoms in total. The number of aromatic nitrogens is 1. The minimum atomic E-state index is -3.56. The first-order valence-electron chi connectivity index (χ1n) is 6.75. The Balaban J connectivity index is 2.06. The summed E-state index contributed by atoms with van der Waals surface area (Å²) in [6.45, 7) is 0.0192. The van der Waals surface area contributed by atoms with Gasteiger partial charge in [-0.1, -0.05) is 22.0 Å². The van der Waals surface area contributed by atoms with E-state index in [2.05, 4.69) is 26.2 Å². The number of nitrogens with one attached hydrogen (secondary N) is 1. The Labute approximate surface area is 143 Å². The minimum Gasteiger partial charge on any atom is -0.350 e. The van der Waals surface area contributed by atoms with Gasteiger partial charge in [0.25, 0.3) is 0 Å². The molecule has 0 aliphatic heterocycles. The Hall–Kier alpha value is -1.93. The molecule has 1 aromatic heterocycles. The summed E-state index contributed by atoms with van der Waals surface area (Å²) in [6, 6.07) is 10.3. The lowest BCUT2D eigenvalue weighted by Crippen LogP contribution is -2.40. The van der Waals surface area contributed by atoms with Crippen LogP contribution in [-0.4, -0.2) is 32.1 Å². The van der Waals surface area contributed by atoms with Crippen LogP contribution < -0.4 is 9.62 Å². The van der Waals surface area contributed by atoms with E-state index in [1.165, 1.54) is 0 Å². The van der Waals surface area contributed by atoms with Crippen molar-refractivity contribution >= 4 is 37.5 Å². The Kier molecular flexibility index (Phi) is 5.73. The number of anilines is 1. The van der Waals surface area contributed by atoms with E-state index in [9.17, 15) is 13.2 Å². The first kappa shape index (κ1) is 17.4. The first-order valence-corrected chi connectivity index (χ1v) is 9.39. The van der Waals surface area contributed by atoms with Crippen LogP contribution in [0.1, 0.15) is 5.56 Å². The third kappa shape index (κ3) is 5.33. The molecular formula is C15H16BrN3O3S. The largest absolute Gasteiger partial charge is 0.350 e. The van der Waals surface area contributed by atoms with Gasteiger partial charge in [0.1, 0.15) is 6.54 Å². The molecule has 0 radical (unpaired) electrons. The van der Waals surface area contributed by atoms with Gasteiger partial charge in [-0.15, -0.1) is 0 Å². The zero-order valence-corrected chi connectivity index (χ0v) is 14.8. The summed E-state index contributed by atoms with van der Waals surface area (Å²) >= 11 is 3.29. The van der Waals surface area contributed by atoms with Crippen molar-refractivity contribution in [2.24, 2.45) is 0 Å². The van der Waals surface area contributed by atoms with E-state index in [0.717, 1.165) is 20.6 Å². The minimum absolute atomic E-state index is 0.277. The average molecular weight is 398 g/mol. The predicted molar refractivity (Wildman–Crippen MR) is 92.4 cm³/mol. The molecule has 1 amide bonds. The van der Waals surface area contributed by atoms with Crippen LogP contribution in [-0.2, 0) is 21.4 Å². The van der Waals surface area contributed by atoms with Crippen molar-refractivity contribution in [1.29, 1.82) is 0 Å². The van der Waals surface area contributed by atoms with Gasteiger partial charge in [-0.25, -0.2) is 8.42 Å². The van der Waals surface area contributed by atoms with Crippen molar-refractivity contribution in [3.8, 4) is 0 Å². The molecular weight excluding hydrogens is 382 g/mol. The zero-order valence-electron chi connectivity index (χ0n) is 12.4. The topological polar surface area (TPSA) is 79.4 Å². The highest BCUT2D eigenvalue weighted by molar-refractivity contribution is 9.10. The van der Waals surface area contributed by atoms with Gasteiger partial charge in [-0.2, -0.15) is 0 Å². The third-order valence-corrected chi connectivity index (χ3v) is 4.68. The molecule has 0 aliphatic rings. The Morgan fingerprint density at radius 2 is 1.96 bits per heavy atom. The fourth-order valence-corrected chi connectivity index (χ4v) is 3.02. The van der Waals surface area contributed by atoms with Crippen LogP contribution in [0.2, 0.25) is 0 Å². The summed E-state index contributed by atoms with van der Waals surface area (Å²) in [4.78, 5) is 16.0. The van der Waals surface area contributed by atoms with Crippen LogP contribution in [0.25, 0.3) is 0 Å². The number of rotatable bonds is 6. The van der Waals surface area contributed by atoms with E-state index in [1.807, 2.05) is 6.07 Å². The number of halogens is 1. The molecule has 0 unspecified atom stereocenters. The second-order valence-corrected chi connectivity index (χ2v) is 7.71. The van der Waals surface area contributed by atoms with E-state index >= 15 is 0 Å². The molecule has 2 rings (SSSR count). The van der Waals surface area contributed by atoms with Gasteiger partial charge < -0.3 is 5.32 Å². The van der Waals surface area contributed by atoms with Crippen molar-refractivity contribution in [2.45, 2.75) is 6.54 Å². The number of sulfonamides is 1. The van der Waals surface area contributed by atoms with E-state index in [1.54, 1.807) is 42.7 Å². The fourth-order valence-electron chi connectivity index (χ4n) is 1.90. The molecule has 0 fully saturated rings. The molecule has 23 heavy (non-hydrogen) atoms. The molecule has 2 aromatic rings. The number of hydrogen-bond acceptors (Lipinski definition) is 4. The standard InChI is InChI=1S/C15H16BrN3O3S/c1-23(21,22)19(14-6-4-13(16)5-7-14)11-15(20)18-10-12-3-2-8-17-9-12/h2-9H,10-11H2,1H3,(H,18,20). The molecule has 0 saturated carbocycles. The number of carbonyl (C=O) groups is 1. The van der Waals surface area contributed by atoms with E-state index < -0.39 is 10.0 Å². The molecule has 1 aromatic carbocycles. The van der Waals surface area contributed by atoms with Crippen molar-refractivity contribution in [3.63, 3.8) is 0 Å². The molecule has 0 bridgehead atoms. The third-order valence-electron chi connectivity index (χ3n) is 3.01. The number of nitrogens with zero attached hydrogens (tertiary/aromatic N) is 2. The maximum Gasteiger partial charge on any atom is 0.241 e. The Morgan fingerprint density at radius 1 is 1.26 bits per heavy atom. The Morgan fingerprint density at radius 3 is 2.52 bits per heavy atom. The first-order chi connectivity index (χ1) is 10.9. The van der Waals surface area contributed by atoms with Crippen LogP contribution in [0, 0.1) is 0 Å². The van der Waals surface area contributed by atoms with E-state index in [4.69, 9.17) is 0 Å². The molecule has 1 N–H and O–H groups in total. The highest BCUT2D eigenvalue weighted by Gasteiger charge is 2.20. The maximum atomic E-state index is 12.1. The van der Waals surface area contributed by atoms with Crippen molar-refractivity contribution in [1.82, 2.24) is 10.3 Å². The molecule has 0 saturated heterocycles. The quantitative estimate of drug-likeness (QED) is 0.807. The normalized spacial score (nSPS) is 11.0. The molecule has 0 spiro atoms. The number of pyridine rings is 1. The number of benzene rings is 1. The van der Waals surface area contributed by atoms with Crippen LogP contribution in [0.4, 0.5) is 5.69 Å². The van der Waals surface area contributed by atoms with Crippen LogP contribution >= 0.6 is 15.9 Å². The maximum absolute atomic E-state index is 12.1. The van der Waals surface area contributed by atoms with Crippen molar-refractivity contribution in [3.05, 3.63) is 58.8 Å². The summed E-state index contributed by atoms with van der Waals surface area (Å²) in [6.07, 6.45) is 4.36.